The number of rotatable bonds is 0. The van der Waals surface area contributed by atoms with Crippen molar-refractivity contribution < 1.29 is 13.2 Å². The first-order valence-electron chi connectivity index (χ1n) is 0.567. The predicted molar refractivity (Wildman–Crippen MR) is 15.1 cm³/mol. The third kappa shape index (κ3) is 42.6. The molecule has 0 aromatic heterocycles. The molecule has 0 nitrogen and oxygen atoms in total. The molecule has 0 fully saturated rings. The van der Waals surface area contributed by atoms with Crippen LogP contribution in [0.1, 0.15) is 0 Å². The van der Waals surface area contributed by atoms with Gasteiger partial charge in [0.1, 0.15) is 0 Å². The van der Waals surface area contributed by atoms with E-state index in [1.807, 2.05) is 0 Å². The van der Waals surface area contributed by atoms with Crippen LogP contribution in [0.5, 0.6) is 0 Å². The zero-order valence-corrected chi connectivity index (χ0v) is 1.63. The number of hydrogen-bond donors (Lipinski definition) is 0. The quantitative estimate of drug-likeness (QED) is 0.397. The second-order valence-electron chi connectivity index (χ2n) is 0.214. The second-order valence-corrected chi connectivity index (χ2v) is 0.214. The average Bonchev–Trinajstić information content (AvgIpc) is 0.811. The molecule has 0 aliphatic carbocycles. The Morgan fingerprint density at radius 2 is 1.00 bits per heavy atom. The molecule has 0 atom stereocenters. The van der Waals surface area contributed by atoms with E-state index < -0.39 is 6.68 Å². The van der Waals surface area contributed by atoms with E-state index in [1.165, 1.54) is 0 Å². The van der Waals surface area contributed by atoms with Crippen LogP contribution >= 0.6 is 0 Å². The fraction of sp³-hybridized carbons (Fsp3) is 0. The normalized spacial score (nSPS) is 7.20. The van der Waals surface area contributed by atoms with Gasteiger partial charge >= 0.3 is 44.4 Å². The van der Waals surface area contributed by atoms with Crippen molar-refractivity contribution in [2.75, 3.05) is 0 Å². The van der Waals surface area contributed by atoms with Crippen molar-refractivity contribution in [1.29, 1.82) is 0 Å². The van der Waals surface area contributed by atoms with Crippen molar-refractivity contribution in [3.8, 4) is 0 Å². The van der Waals surface area contributed by atoms with E-state index in [0.717, 1.165) is 0 Å². The van der Waals surface area contributed by atoms with Crippen LogP contribution in [0.15, 0.2) is 0 Å². The zero-order chi connectivity index (χ0) is 3.58. The van der Waals surface area contributed by atoms with Crippen LogP contribution in [0.2, 0.25) is 0 Å². The summed E-state index contributed by atoms with van der Waals surface area (Å²) in [4.78, 5) is 0. The monoisotopic (exact) mass is 111 g/mol. The molecule has 5 heavy (non-hydrogen) atoms. The Morgan fingerprint density at radius 1 is 1.00 bits per heavy atom. The zero-order valence-electron chi connectivity index (χ0n) is 1.63. The summed E-state index contributed by atoms with van der Waals surface area (Å²) in [6, 6.07) is 0. The molecule has 0 aliphatic heterocycles. The molecule has 4 heteroatoms. The van der Waals surface area contributed by atoms with Gasteiger partial charge in [-0.1, -0.05) is 0 Å². The van der Waals surface area contributed by atoms with Crippen LogP contribution in [0.4, 0.5) is 13.2 Å². The third-order valence-electron chi connectivity index (χ3n) is 0. The van der Waals surface area contributed by atoms with E-state index in [1.54, 1.807) is 0 Å². The van der Waals surface area contributed by atoms with Gasteiger partial charge in [0, 0.05) is 0 Å². The molecule has 0 saturated heterocycles. The van der Waals surface area contributed by atoms with Gasteiger partial charge in [-0.2, -0.15) is 13.2 Å². The van der Waals surface area contributed by atoms with Gasteiger partial charge in [-0.15, -0.1) is 0 Å². The summed E-state index contributed by atoms with van der Waals surface area (Å²) < 4.78 is 28.8. The molecule has 0 N–H and O–H groups in total. The fourth-order valence-electron chi connectivity index (χ4n) is 0. The molecule has 0 aliphatic rings. The SMILES string of the molecule is F[C](F)F.[CaH2]. The minimum absolute atomic E-state index is 0. The Balaban J connectivity index is 0. The molecule has 0 spiro atoms. The first kappa shape index (κ1) is 9.41. The van der Waals surface area contributed by atoms with E-state index in [4.69, 9.17) is 0 Å². The molecule has 0 unspecified atom stereocenters. The van der Waals surface area contributed by atoms with Crippen molar-refractivity contribution in [3.63, 3.8) is 0 Å². The molecular weight excluding hydrogens is 109 g/mol. The summed E-state index contributed by atoms with van der Waals surface area (Å²) in [6.45, 7) is -3.08. The molecule has 0 aromatic carbocycles. The van der Waals surface area contributed by atoms with Crippen LogP contribution in [-0.4, -0.2) is 37.7 Å². The second kappa shape index (κ2) is 5.05. The van der Waals surface area contributed by atoms with Crippen LogP contribution < -0.4 is 0 Å². The summed E-state index contributed by atoms with van der Waals surface area (Å²) >= 11 is 0. The van der Waals surface area contributed by atoms with Gasteiger partial charge in [-0.25, -0.2) is 0 Å². The summed E-state index contributed by atoms with van der Waals surface area (Å²) in [7, 11) is 0. The number of halogens is 3. The topological polar surface area (TPSA) is 0 Å². The van der Waals surface area contributed by atoms with Crippen molar-refractivity contribution in [2.24, 2.45) is 0 Å². The fourth-order valence-corrected chi connectivity index (χ4v) is 0. The maximum atomic E-state index is 9.58. The van der Waals surface area contributed by atoms with E-state index in [-0.39, 0.29) is 37.7 Å². The molecule has 0 heterocycles. The first-order valence-corrected chi connectivity index (χ1v) is 0.567. The Kier molecular flexibility index (Phi) is 9.50. The van der Waals surface area contributed by atoms with Gasteiger partial charge < -0.3 is 0 Å². The Hall–Kier alpha value is 1.05. The summed E-state index contributed by atoms with van der Waals surface area (Å²) in [5, 5.41) is 0. The van der Waals surface area contributed by atoms with Gasteiger partial charge in [0.15, 0.2) is 0 Å². The molecule has 0 saturated carbocycles. The molecule has 0 rings (SSSR count). The standard InChI is InChI=1S/CF3.Ca.2H/c2-1(3)4;;;. The summed E-state index contributed by atoms with van der Waals surface area (Å²) in [5.41, 5.74) is 0. The van der Waals surface area contributed by atoms with E-state index >= 15 is 0 Å². The maximum absolute atomic E-state index is 9.58. The van der Waals surface area contributed by atoms with E-state index in [2.05, 4.69) is 0 Å². The third-order valence-corrected chi connectivity index (χ3v) is 0. The average molecular weight is 111 g/mol. The first-order chi connectivity index (χ1) is 1.73. The Morgan fingerprint density at radius 3 is 1.00 bits per heavy atom. The van der Waals surface area contributed by atoms with Gasteiger partial charge in [-0.3, -0.25) is 0 Å². The minimum atomic E-state index is -3.08. The predicted octanol–water partition coefficient (Wildman–Crippen LogP) is 0.426. The summed E-state index contributed by atoms with van der Waals surface area (Å²) in [5.74, 6) is 0. The van der Waals surface area contributed by atoms with Gasteiger partial charge in [-0.05, 0) is 0 Å². The van der Waals surface area contributed by atoms with Crippen LogP contribution in [-0.2, 0) is 0 Å². The van der Waals surface area contributed by atoms with Gasteiger partial charge in [0.2, 0.25) is 0 Å². The van der Waals surface area contributed by atoms with Crippen molar-refractivity contribution in [1.82, 2.24) is 0 Å². The molecular formula is CH2CaF3. The summed E-state index contributed by atoms with van der Waals surface area (Å²) in [6.07, 6.45) is 0. The van der Waals surface area contributed by atoms with Crippen LogP contribution in [0.3, 0.4) is 0 Å². The van der Waals surface area contributed by atoms with E-state index in [9.17, 15) is 13.2 Å². The molecule has 0 aromatic rings. The molecule has 0 bridgehead atoms. The number of hydrogen-bond acceptors (Lipinski definition) is 0. The van der Waals surface area contributed by atoms with Crippen LogP contribution in [0, 0.1) is 6.68 Å². The Bertz CT molecular complexity index is 11.6. The molecule has 1 radical (unpaired) electrons. The van der Waals surface area contributed by atoms with E-state index in [0.29, 0.717) is 0 Å². The molecule has 0 amide bonds. The van der Waals surface area contributed by atoms with Gasteiger partial charge in [0.05, 0.1) is 0 Å². The van der Waals surface area contributed by atoms with Crippen molar-refractivity contribution in [3.05, 3.63) is 6.68 Å². The molecule has 29 valence electrons. The Labute approximate surface area is 57.4 Å². The van der Waals surface area contributed by atoms with Gasteiger partial charge in [0.25, 0.3) is 0 Å². The van der Waals surface area contributed by atoms with Crippen molar-refractivity contribution in [2.45, 2.75) is 0 Å². The van der Waals surface area contributed by atoms with Crippen LogP contribution in [0.25, 0.3) is 0 Å². The van der Waals surface area contributed by atoms with Crippen molar-refractivity contribution >= 4 is 37.7 Å².